The van der Waals surface area contributed by atoms with Crippen molar-refractivity contribution >= 4 is 34.6 Å². The van der Waals surface area contributed by atoms with E-state index in [1.807, 2.05) is 24.3 Å². The van der Waals surface area contributed by atoms with E-state index in [-0.39, 0.29) is 16.9 Å². The third-order valence-electron chi connectivity index (χ3n) is 4.91. The van der Waals surface area contributed by atoms with E-state index < -0.39 is 23.4 Å². The molecule has 0 aliphatic carbocycles. The lowest BCUT2D eigenvalue weighted by Gasteiger charge is -2.28. The largest absolute Gasteiger partial charge is 0.452 e. The van der Waals surface area contributed by atoms with Crippen molar-refractivity contribution in [3.63, 3.8) is 0 Å². The number of anilines is 3. The molecule has 0 aromatic heterocycles. The molecule has 2 aromatic carbocycles. The number of nitro groups is 1. The maximum absolute atomic E-state index is 12.1. The number of nitrogens with zero attached hydrogens (tertiary/aromatic N) is 2. The predicted octanol–water partition coefficient (Wildman–Crippen LogP) is 3.42. The zero-order valence-corrected chi connectivity index (χ0v) is 16.7. The molecule has 158 valence electrons. The molecule has 0 radical (unpaired) electrons. The Morgan fingerprint density at radius 2 is 1.80 bits per heavy atom. The van der Waals surface area contributed by atoms with Crippen molar-refractivity contribution in [2.75, 3.05) is 42.3 Å². The molecule has 2 aromatic rings. The van der Waals surface area contributed by atoms with E-state index in [0.29, 0.717) is 5.69 Å². The van der Waals surface area contributed by atoms with Crippen LogP contribution in [0.3, 0.4) is 0 Å². The molecule has 1 aliphatic rings. The van der Waals surface area contributed by atoms with E-state index in [0.717, 1.165) is 24.8 Å². The number of ether oxygens (including phenoxy) is 1. The van der Waals surface area contributed by atoms with Gasteiger partial charge in [-0.2, -0.15) is 0 Å². The Morgan fingerprint density at radius 1 is 1.10 bits per heavy atom. The highest BCUT2D eigenvalue weighted by atomic mass is 16.6. The molecule has 0 saturated carbocycles. The molecule has 0 spiro atoms. The molecule has 3 rings (SSSR count). The van der Waals surface area contributed by atoms with Gasteiger partial charge in [-0.25, -0.2) is 4.79 Å². The van der Waals surface area contributed by atoms with Gasteiger partial charge in [0.15, 0.2) is 6.61 Å². The van der Waals surface area contributed by atoms with E-state index >= 15 is 0 Å². The van der Waals surface area contributed by atoms with Crippen molar-refractivity contribution in [2.24, 2.45) is 0 Å². The number of nitrogens with one attached hydrogen (secondary N) is 2. The zero-order valence-electron chi connectivity index (χ0n) is 16.7. The number of piperidine rings is 1. The van der Waals surface area contributed by atoms with Gasteiger partial charge in [-0.15, -0.1) is 0 Å². The van der Waals surface area contributed by atoms with Gasteiger partial charge in [0.05, 0.1) is 10.5 Å². The molecule has 1 aliphatic heterocycles. The first-order chi connectivity index (χ1) is 14.5. The molecule has 1 heterocycles. The van der Waals surface area contributed by atoms with E-state index in [2.05, 4.69) is 15.5 Å². The highest BCUT2D eigenvalue weighted by molar-refractivity contribution is 5.96. The van der Waals surface area contributed by atoms with Crippen LogP contribution in [-0.4, -0.2) is 43.5 Å². The van der Waals surface area contributed by atoms with Crippen molar-refractivity contribution in [3.8, 4) is 0 Å². The van der Waals surface area contributed by atoms with E-state index in [9.17, 15) is 19.7 Å². The van der Waals surface area contributed by atoms with Gasteiger partial charge in [-0.1, -0.05) is 0 Å². The third-order valence-corrected chi connectivity index (χ3v) is 4.91. The molecule has 0 bridgehead atoms. The average Bonchev–Trinajstić information content (AvgIpc) is 2.78. The van der Waals surface area contributed by atoms with Crippen molar-refractivity contribution in [2.45, 2.75) is 19.3 Å². The highest BCUT2D eigenvalue weighted by Crippen LogP contribution is 2.25. The monoisotopic (exact) mass is 412 g/mol. The SMILES string of the molecule is CNc1ccc(C(=O)OCC(=O)Nc2ccc(N3CCCCC3)cc2)cc1[N+](=O)[O-]. The fraction of sp³-hybridized carbons (Fsp3) is 0.333. The van der Waals surface area contributed by atoms with Gasteiger partial charge in [0, 0.05) is 37.6 Å². The number of nitro benzene ring substituents is 1. The quantitative estimate of drug-likeness (QED) is 0.407. The van der Waals surface area contributed by atoms with Gasteiger partial charge >= 0.3 is 5.97 Å². The lowest BCUT2D eigenvalue weighted by atomic mass is 10.1. The number of benzene rings is 2. The lowest BCUT2D eigenvalue weighted by Crippen LogP contribution is -2.29. The number of esters is 1. The highest BCUT2D eigenvalue weighted by Gasteiger charge is 2.18. The summed E-state index contributed by atoms with van der Waals surface area (Å²) in [4.78, 5) is 37.1. The van der Waals surface area contributed by atoms with E-state index in [1.165, 1.54) is 31.4 Å². The minimum atomic E-state index is -0.809. The van der Waals surface area contributed by atoms with Crippen LogP contribution in [0.15, 0.2) is 42.5 Å². The predicted molar refractivity (Wildman–Crippen MR) is 114 cm³/mol. The number of carbonyl (C=O) groups excluding carboxylic acids is 2. The summed E-state index contributed by atoms with van der Waals surface area (Å²) in [6, 6.07) is 11.5. The maximum atomic E-state index is 12.1. The Balaban J connectivity index is 1.53. The Hall–Kier alpha value is -3.62. The zero-order chi connectivity index (χ0) is 21.5. The summed E-state index contributed by atoms with van der Waals surface area (Å²) in [7, 11) is 1.55. The summed E-state index contributed by atoms with van der Waals surface area (Å²) < 4.78 is 4.99. The first-order valence-corrected chi connectivity index (χ1v) is 9.76. The second-order valence-electron chi connectivity index (χ2n) is 6.96. The van der Waals surface area contributed by atoms with Crippen LogP contribution in [0.5, 0.6) is 0 Å². The van der Waals surface area contributed by atoms with Crippen molar-refractivity contribution < 1.29 is 19.2 Å². The summed E-state index contributed by atoms with van der Waals surface area (Å²) in [5.74, 6) is -1.30. The molecule has 9 heteroatoms. The van der Waals surface area contributed by atoms with Crippen LogP contribution in [-0.2, 0) is 9.53 Å². The van der Waals surface area contributed by atoms with Gasteiger partial charge in [0.2, 0.25) is 0 Å². The fourth-order valence-electron chi connectivity index (χ4n) is 3.34. The van der Waals surface area contributed by atoms with E-state index in [4.69, 9.17) is 4.74 Å². The molecule has 1 fully saturated rings. The first-order valence-electron chi connectivity index (χ1n) is 9.76. The molecular formula is C21H24N4O5. The first kappa shape index (κ1) is 21.1. The summed E-state index contributed by atoms with van der Waals surface area (Å²) >= 11 is 0. The normalized spacial score (nSPS) is 13.4. The van der Waals surface area contributed by atoms with Crippen LogP contribution in [0.4, 0.5) is 22.7 Å². The van der Waals surface area contributed by atoms with Crippen molar-refractivity contribution in [1.82, 2.24) is 0 Å². The Bertz CT molecular complexity index is 923. The summed E-state index contributed by atoms with van der Waals surface area (Å²) in [6.07, 6.45) is 3.63. The van der Waals surface area contributed by atoms with Gasteiger partial charge in [-0.05, 0) is 55.7 Å². The molecule has 0 atom stereocenters. The number of amides is 1. The summed E-state index contributed by atoms with van der Waals surface area (Å²) in [5.41, 5.74) is 1.75. The molecule has 0 unspecified atom stereocenters. The smallest absolute Gasteiger partial charge is 0.338 e. The average molecular weight is 412 g/mol. The molecule has 30 heavy (non-hydrogen) atoms. The number of carbonyl (C=O) groups is 2. The second kappa shape index (κ2) is 9.73. The standard InChI is InChI=1S/C21H24N4O5/c1-22-18-10-5-15(13-19(18)25(28)29)21(27)30-14-20(26)23-16-6-8-17(9-7-16)24-11-3-2-4-12-24/h5-10,13,22H,2-4,11-12,14H2,1H3,(H,23,26). The van der Waals surface area contributed by atoms with Crippen LogP contribution in [0.25, 0.3) is 0 Å². The van der Waals surface area contributed by atoms with Gasteiger partial charge in [-0.3, -0.25) is 14.9 Å². The van der Waals surface area contributed by atoms with Crippen molar-refractivity contribution in [3.05, 3.63) is 58.1 Å². The number of rotatable bonds is 7. The summed E-state index contributed by atoms with van der Waals surface area (Å²) in [6.45, 7) is 1.58. The Kier molecular flexibility index (Phi) is 6.84. The molecule has 9 nitrogen and oxygen atoms in total. The molecule has 2 N–H and O–H groups in total. The molecular weight excluding hydrogens is 388 g/mol. The van der Waals surface area contributed by atoms with Gasteiger partial charge in [0.1, 0.15) is 5.69 Å². The van der Waals surface area contributed by atoms with Crippen LogP contribution in [0.2, 0.25) is 0 Å². The summed E-state index contributed by atoms with van der Waals surface area (Å²) in [5, 5.41) is 16.5. The fourth-order valence-corrected chi connectivity index (χ4v) is 3.34. The van der Waals surface area contributed by atoms with Crippen LogP contribution < -0.4 is 15.5 Å². The Labute approximate surface area is 174 Å². The van der Waals surface area contributed by atoms with Crippen molar-refractivity contribution in [1.29, 1.82) is 0 Å². The lowest BCUT2D eigenvalue weighted by molar-refractivity contribution is -0.384. The topological polar surface area (TPSA) is 114 Å². The van der Waals surface area contributed by atoms with E-state index in [1.54, 1.807) is 7.05 Å². The number of hydrogen-bond donors (Lipinski definition) is 2. The van der Waals surface area contributed by atoms with Crippen LogP contribution >= 0.6 is 0 Å². The third kappa shape index (κ3) is 5.25. The van der Waals surface area contributed by atoms with Gasteiger partial charge < -0.3 is 20.3 Å². The number of hydrogen-bond acceptors (Lipinski definition) is 7. The Morgan fingerprint density at radius 3 is 2.43 bits per heavy atom. The minimum Gasteiger partial charge on any atom is -0.452 e. The molecule has 1 amide bonds. The van der Waals surface area contributed by atoms with Crippen LogP contribution in [0.1, 0.15) is 29.6 Å². The van der Waals surface area contributed by atoms with Gasteiger partial charge in [0.25, 0.3) is 11.6 Å². The second-order valence-corrected chi connectivity index (χ2v) is 6.96. The van der Waals surface area contributed by atoms with Crippen LogP contribution in [0, 0.1) is 10.1 Å². The minimum absolute atomic E-state index is 0.000570. The molecule has 1 saturated heterocycles. The maximum Gasteiger partial charge on any atom is 0.338 e.